The van der Waals surface area contributed by atoms with E-state index < -0.39 is 23.6 Å². The first-order chi connectivity index (χ1) is 7.97. The molecule has 0 radical (unpaired) electrons. The molecule has 0 aromatic heterocycles. The maximum atomic E-state index is 13.1. The number of carbonyl (C=O) groups is 1. The van der Waals surface area contributed by atoms with Crippen LogP contribution in [0.1, 0.15) is 23.7 Å². The van der Waals surface area contributed by atoms with Crippen LogP contribution in [0.3, 0.4) is 0 Å². The van der Waals surface area contributed by atoms with Crippen molar-refractivity contribution in [1.29, 1.82) is 0 Å². The summed E-state index contributed by atoms with van der Waals surface area (Å²) in [5.41, 5.74) is 4.84. The van der Waals surface area contributed by atoms with Gasteiger partial charge < -0.3 is 21.3 Å². The third kappa shape index (κ3) is 3.07. The second-order valence-corrected chi connectivity index (χ2v) is 3.63. The number of benzene rings is 1. The van der Waals surface area contributed by atoms with Crippen molar-refractivity contribution in [3.8, 4) is 0 Å². The van der Waals surface area contributed by atoms with Crippen LogP contribution in [-0.2, 0) is 0 Å². The first-order valence-corrected chi connectivity index (χ1v) is 5.20. The number of nitrogen functional groups attached to an aromatic ring is 1. The SMILES string of the molecule is CCC(O)CNc1ccc(F)c(N)c1C(=O)O. The van der Waals surface area contributed by atoms with Gasteiger partial charge in [-0.15, -0.1) is 0 Å². The molecule has 6 heteroatoms. The molecule has 0 aliphatic rings. The summed E-state index contributed by atoms with van der Waals surface area (Å²) in [4.78, 5) is 11.0. The Balaban J connectivity index is 2.99. The largest absolute Gasteiger partial charge is 0.478 e. The van der Waals surface area contributed by atoms with Crippen molar-refractivity contribution in [2.45, 2.75) is 19.4 Å². The molecule has 94 valence electrons. The van der Waals surface area contributed by atoms with Crippen LogP contribution < -0.4 is 11.1 Å². The normalized spacial score (nSPS) is 12.2. The third-order valence-corrected chi connectivity index (χ3v) is 2.41. The maximum Gasteiger partial charge on any atom is 0.340 e. The van der Waals surface area contributed by atoms with E-state index in [9.17, 15) is 14.3 Å². The molecular formula is C11H15FN2O3. The fourth-order valence-corrected chi connectivity index (χ4v) is 1.34. The van der Waals surface area contributed by atoms with Gasteiger partial charge in [-0.1, -0.05) is 6.92 Å². The Labute approximate surface area is 98.1 Å². The van der Waals surface area contributed by atoms with E-state index in [1.54, 1.807) is 6.92 Å². The summed E-state index contributed by atoms with van der Waals surface area (Å²) in [5, 5.41) is 21.0. The number of rotatable bonds is 5. The van der Waals surface area contributed by atoms with Gasteiger partial charge in [-0.25, -0.2) is 9.18 Å². The monoisotopic (exact) mass is 242 g/mol. The minimum Gasteiger partial charge on any atom is -0.478 e. The number of anilines is 2. The Morgan fingerprint density at radius 2 is 2.24 bits per heavy atom. The summed E-state index contributed by atoms with van der Waals surface area (Å²) < 4.78 is 13.1. The highest BCUT2D eigenvalue weighted by Gasteiger charge is 2.17. The second-order valence-electron chi connectivity index (χ2n) is 3.63. The predicted molar refractivity (Wildman–Crippen MR) is 62.6 cm³/mol. The number of halogens is 1. The Kier molecular flexibility index (Phi) is 4.28. The van der Waals surface area contributed by atoms with E-state index in [1.807, 2.05) is 0 Å². The van der Waals surface area contributed by atoms with Gasteiger partial charge in [0.1, 0.15) is 11.4 Å². The molecule has 0 aliphatic carbocycles. The topological polar surface area (TPSA) is 95.6 Å². The Morgan fingerprint density at radius 3 is 2.76 bits per heavy atom. The maximum absolute atomic E-state index is 13.1. The van der Waals surface area contributed by atoms with Crippen LogP contribution in [0, 0.1) is 5.82 Å². The summed E-state index contributed by atoms with van der Waals surface area (Å²) in [7, 11) is 0. The van der Waals surface area contributed by atoms with Crippen molar-refractivity contribution < 1.29 is 19.4 Å². The lowest BCUT2D eigenvalue weighted by atomic mass is 10.1. The van der Waals surface area contributed by atoms with E-state index in [2.05, 4.69) is 5.32 Å². The summed E-state index contributed by atoms with van der Waals surface area (Å²) >= 11 is 0. The molecule has 1 rings (SSSR count). The molecule has 1 aromatic rings. The zero-order valence-corrected chi connectivity index (χ0v) is 9.40. The lowest BCUT2D eigenvalue weighted by Crippen LogP contribution is -2.20. The molecule has 17 heavy (non-hydrogen) atoms. The van der Waals surface area contributed by atoms with Crippen molar-refractivity contribution in [3.05, 3.63) is 23.5 Å². The minimum absolute atomic E-state index is 0.182. The molecule has 0 spiro atoms. The molecule has 5 nitrogen and oxygen atoms in total. The van der Waals surface area contributed by atoms with Gasteiger partial charge in [-0.2, -0.15) is 0 Å². The summed E-state index contributed by atoms with van der Waals surface area (Å²) in [6, 6.07) is 2.37. The van der Waals surface area contributed by atoms with E-state index in [1.165, 1.54) is 6.07 Å². The number of nitrogens with two attached hydrogens (primary N) is 1. The standard InChI is InChI=1S/C11H15FN2O3/c1-2-6(15)5-14-8-4-3-7(12)10(13)9(8)11(16)17/h3-4,6,14-15H,2,5,13H2,1H3,(H,16,17). The van der Waals surface area contributed by atoms with E-state index in [4.69, 9.17) is 10.8 Å². The van der Waals surface area contributed by atoms with Gasteiger partial charge in [-0.3, -0.25) is 0 Å². The number of aliphatic hydroxyl groups excluding tert-OH is 1. The van der Waals surface area contributed by atoms with Gasteiger partial charge in [0.25, 0.3) is 0 Å². The number of hydrogen-bond acceptors (Lipinski definition) is 4. The van der Waals surface area contributed by atoms with Crippen LogP contribution in [0.15, 0.2) is 12.1 Å². The van der Waals surface area contributed by atoms with E-state index in [0.717, 1.165) is 6.07 Å². The summed E-state index contributed by atoms with van der Waals surface area (Å²) in [6.07, 6.45) is -0.0607. The van der Waals surface area contributed by atoms with Crippen LogP contribution in [0.5, 0.6) is 0 Å². The first kappa shape index (κ1) is 13.2. The molecule has 1 unspecified atom stereocenters. The van der Waals surface area contributed by atoms with Crippen molar-refractivity contribution in [3.63, 3.8) is 0 Å². The van der Waals surface area contributed by atoms with Crippen LogP contribution in [0.2, 0.25) is 0 Å². The van der Waals surface area contributed by atoms with Gasteiger partial charge in [0, 0.05) is 6.54 Å². The van der Waals surface area contributed by atoms with Crippen molar-refractivity contribution >= 4 is 17.3 Å². The lowest BCUT2D eigenvalue weighted by molar-refractivity contribution is 0.0698. The number of aromatic carboxylic acids is 1. The number of aliphatic hydroxyl groups is 1. The zero-order valence-electron chi connectivity index (χ0n) is 9.40. The van der Waals surface area contributed by atoms with E-state index in [-0.39, 0.29) is 17.8 Å². The van der Waals surface area contributed by atoms with E-state index >= 15 is 0 Å². The summed E-state index contributed by atoms with van der Waals surface area (Å²) in [5.74, 6) is -2.08. The highest BCUT2D eigenvalue weighted by Crippen LogP contribution is 2.25. The van der Waals surface area contributed by atoms with E-state index in [0.29, 0.717) is 6.42 Å². The van der Waals surface area contributed by atoms with Crippen LogP contribution in [0.25, 0.3) is 0 Å². The van der Waals surface area contributed by atoms with Crippen molar-refractivity contribution in [2.75, 3.05) is 17.6 Å². The van der Waals surface area contributed by atoms with Gasteiger partial charge in [0.2, 0.25) is 0 Å². The van der Waals surface area contributed by atoms with Gasteiger partial charge >= 0.3 is 5.97 Å². The number of hydrogen-bond donors (Lipinski definition) is 4. The zero-order chi connectivity index (χ0) is 13.0. The van der Waals surface area contributed by atoms with Gasteiger partial charge in [-0.05, 0) is 18.6 Å². The molecule has 0 fully saturated rings. The van der Waals surface area contributed by atoms with Crippen molar-refractivity contribution in [2.24, 2.45) is 0 Å². The highest BCUT2D eigenvalue weighted by molar-refractivity contribution is 6.00. The average molecular weight is 242 g/mol. The molecule has 5 N–H and O–H groups in total. The third-order valence-electron chi connectivity index (χ3n) is 2.41. The Hall–Kier alpha value is -1.82. The fraction of sp³-hybridized carbons (Fsp3) is 0.364. The number of carboxylic acid groups (broad SMARTS) is 1. The molecule has 1 atom stereocenters. The predicted octanol–water partition coefficient (Wildman–Crippen LogP) is 1.29. The molecule has 0 aliphatic heterocycles. The second kappa shape index (κ2) is 5.49. The molecule has 0 saturated heterocycles. The molecule has 0 saturated carbocycles. The molecule has 0 bridgehead atoms. The molecule has 1 aromatic carbocycles. The van der Waals surface area contributed by atoms with Gasteiger partial charge in [0.15, 0.2) is 0 Å². The first-order valence-electron chi connectivity index (χ1n) is 5.20. The minimum atomic E-state index is -1.31. The molecule has 0 heterocycles. The quantitative estimate of drug-likeness (QED) is 0.583. The van der Waals surface area contributed by atoms with Crippen LogP contribution >= 0.6 is 0 Å². The smallest absolute Gasteiger partial charge is 0.340 e. The Bertz CT molecular complexity index is 423. The fourth-order valence-electron chi connectivity index (χ4n) is 1.34. The molecular weight excluding hydrogens is 227 g/mol. The number of carboxylic acids is 1. The van der Waals surface area contributed by atoms with Gasteiger partial charge in [0.05, 0.1) is 17.5 Å². The van der Waals surface area contributed by atoms with Crippen LogP contribution in [-0.4, -0.2) is 28.8 Å². The number of nitrogens with one attached hydrogen (secondary N) is 1. The molecule has 0 amide bonds. The highest BCUT2D eigenvalue weighted by atomic mass is 19.1. The van der Waals surface area contributed by atoms with Crippen LogP contribution in [0.4, 0.5) is 15.8 Å². The average Bonchev–Trinajstić information content (AvgIpc) is 2.29. The van der Waals surface area contributed by atoms with Crippen molar-refractivity contribution in [1.82, 2.24) is 0 Å². The lowest BCUT2D eigenvalue weighted by Gasteiger charge is -2.14. The Morgan fingerprint density at radius 1 is 1.59 bits per heavy atom. The summed E-state index contributed by atoms with van der Waals surface area (Å²) in [6.45, 7) is 1.98.